The van der Waals surface area contributed by atoms with Crippen LogP contribution in [-0.4, -0.2) is 32.9 Å². The fourth-order valence-electron chi connectivity index (χ4n) is 3.41. The van der Waals surface area contributed by atoms with E-state index in [1.807, 2.05) is 26.8 Å². The molecule has 7 heteroatoms. The average molecular weight is 469 g/mol. The van der Waals surface area contributed by atoms with Crippen molar-refractivity contribution in [2.45, 2.75) is 51.3 Å². The van der Waals surface area contributed by atoms with E-state index in [0.717, 1.165) is 33.4 Å². The molecule has 1 fully saturated rings. The minimum Gasteiger partial charge on any atom is -0.444 e. The minimum absolute atomic E-state index is 0.143. The van der Waals surface area contributed by atoms with Gasteiger partial charge in [-0.25, -0.2) is 9.18 Å². The molecular weight excluding hydrogens is 448 g/mol. The zero-order chi connectivity index (χ0) is 18.7. The lowest BCUT2D eigenvalue weighted by molar-refractivity contribution is 0.0141. The normalized spacial score (nSPS) is 18.0. The van der Waals surface area contributed by atoms with Gasteiger partial charge in [-0.15, -0.1) is 0 Å². The Morgan fingerprint density at radius 3 is 2.69 bits per heavy atom. The van der Waals surface area contributed by atoms with Gasteiger partial charge in [0.05, 0.1) is 21.3 Å². The summed E-state index contributed by atoms with van der Waals surface area (Å²) in [5.74, 6) is -0.277. The maximum atomic E-state index is 13.7. The van der Waals surface area contributed by atoms with E-state index >= 15 is 0 Å². The zero-order valence-corrected chi connectivity index (χ0v) is 17.2. The first-order chi connectivity index (χ1) is 12.2. The predicted octanol–water partition coefficient (Wildman–Crippen LogP) is 4.53. The van der Waals surface area contributed by atoms with Crippen LogP contribution in [0, 0.1) is 9.39 Å². The summed E-state index contributed by atoms with van der Waals surface area (Å²) in [6, 6.07) is 6.49. The summed E-state index contributed by atoms with van der Waals surface area (Å²) in [5, 5.41) is 4.81. The van der Waals surface area contributed by atoms with Gasteiger partial charge in [-0.1, -0.05) is 12.1 Å². The smallest absolute Gasteiger partial charge is 0.410 e. The largest absolute Gasteiger partial charge is 0.444 e. The number of hydrogen-bond acceptors (Lipinski definition) is 3. The van der Waals surface area contributed by atoms with Crippen molar-refractivity contribution in [3.05, 3.63) is 39.3 Å². The molecular formula is C19H21FIN3O2. The van der Waals surface area contributed by atoms with E-state index in [1.165, 1.54) is 12.1 Å². The van der Waals surface area contributed by atoms with Gasteiger partial charge in [0.2, 0.25) is 0 Å². The van der Waals surface area contributed by atoms with Crippen molar-refractivity contribution in [1.29, 1.82) is 0 Å². The van der Waals surface area contributed by atoms with Gasteiger partial charge in [-0.2, -0.15) is 5.10 Å². The maximum absolute atomic E-state index is 13.7. The molecule has 0 unspecified atom stereocenters. The molecule has 2 aliphatic rings. The fourth-order valence-corrected chi connectivity index (χ4v) is 4.23. The Hall–Kier alpha value is -1.64. The molecule has 0 radical (unpaired) electrons. The summed E-state index contributed by atoms with van der Waals surface area (Å²) in [4.78, 5) is 14.4. The topological polar surface area (TPSA) is 47.4 Å². The Morgan fingerprint density at radius 1 is 1.35 bits per heavy atom. The summed E-state index contributed by atoms with van der Waals surface area (Å²) >= 11 is 2.26. The SMILES string of the molecule is CC(C)(C)OC(=O)N1Cc2c(I)c(-c3cccc(F)c3)nn2C2(CC2)C1. The number of fused-ring (bicyclic) bond motifs is 2. The lowest BCUT2D eigenvalue weighted by Crippen LogP contribution is -2.47. The van der Waals surface area contributed by atoms with Crippen molar-refractivity contribution in [3.63, 3.8) is 0 Å². The summed E-state index contributed by atoms with van der Waals surface area (Å²) < 4.78 is 22.2. The Morgan fingerprint density at radius 2 is 2.08 bits per heavy atom. The molecule has 0 saturated heterocycles. The van der Waals surface area contributed by atoms with Crippen molar-refractivity contribution in [2.24, 2.45) is 0 Å². The van der Waals surface area contributed by atoms with Crippen molar-refractivity contribution in [2.75, 3.05) is 6.54 Å². The monoisotopic (exact) mass is 469 g/mol. The molecule has 0 atom stereocenters. The number of rotatable bonds is 1. The van der Waals surface area contributed by atoms with Crippen LogP contribution in [0.2, 0.25) is 0 Å². The second-order valence-electron chi connectivity index (χ2n) is 8.09. The third-order valence-electron chi connectivity index (χ3n) is 4.77. The molecule has 0 bridgehead atoms. The molecule has 138 valence electrons. The summed E-state index contributed by atoms with van der Waals surface area (Å²) in [6.45, 7) is 6.68. The van der Waals surface area contributed by atoms with Crippen LogP contribution >= 0.6 is 22.6 Å². The van der Waals surface area contributed by atoms with Crippen molar-refractivity contribution in [3.8, 4) is 11.3 Å². The average Bonchev–Trinajstić information content (AvgIpc) is 3.22. The second kappa shape index (κ2) is 5.94. The molecule has 1 aromatic carbocycles. The Balaban J connectivity index is 1.71. The number of carbonyl (C=O) groups excluding carboxylic acids is 1. The standard InChI is InChI=1S/C19H21FIN3O2/c1-18(2,3)26-17(25)23-10-14-15(21)16(12-5-4-6-13(20)9-12)22-24(14)19(11-23)7-8-19/h4-6,9H,7-8,10-11H2,1-3H3. The van der Waals surface area contributed by atoms with Gasteiger partial charge in [0.25, 0.3) is 0 Å². The van der Waals surface area contributed by atoms with Crippen LogP contribution in [-0.2, 0) is 16.8 Å². The van der Waals surface area contributed by atoms with Crippen LogP contribution in [0.5, 0.6) is 0 Å². The van der Waals surface area contributed by atoms with E-state index < -0.39 is 5.60 Å². The van der Waals surface area contributed by atoms with Gasteiger partial charge in [0.15, 0.2) is 0 Å². The maximum Gasteiger partial charge on any atom is 0.410 e. The number of amides is 1. The molecule has 1 saturated carbocycles. The van der Waals surface area contributed by atoms with Crippen LogP contribution in [0.15, 0.2) is 24.3 Å². The van der Waals surface area contributed by atoms with Gasteiger partial charge in [-0.3, -0.25) is 9.58 Å². The van der Waals surface area contributed by atoms with Crippen molar-refractivity contribution in [1.82, 2.24) is 14.7 Å². The summed E-state index contributed by atoms with van der Waals surface area (Å²) in [7, 11) is 0. The van der Waals surface area contributed by atoms with E-state index in [1.54, 1.807) is 11.0 Å². The second-order valence-corrected chi connectivity index (χ2v) is 9.17. The lowest BCUT2D eigenvalue weighted by Gasteiger charge is -2.35. The Kier molecular flexibility index (Phi) is 4.05. The third kappa shape index (κ3) is 3.10. The molecule has 1 amide bonds. The fraction of sp³-hybridized carbons (Fsp3) is 0.474. The molecule has 2 aromatic rings. The predicted molar refractivity (Wildman–Crippen MR) is 104 cm³/mol. The van der Waals surface area contributed by atoms with E-state index in [4.69, 9.17) is 9.84 Å². The van der Waals surface area contributed by atoms with Crippen LogP contribution < -0.4 is 0 Å². The van der Waals surface area contributed by atoms with E-state index in [9.17, 15) is 9.18 Å². The highest BCUT2D eigenvalue weighted by Gasteiger charge is 2.52. The zero-order valence-electron chi connectivity index (χ0n) is 15.1. The van der Waals surface area contributed by atoms with Gasteiger partial charge in [0.1, 0.15) is 17.1 Å². The number of benzene rings is 1. The molecule has 0 N–H and O–H groups in total. The van der Waals surface area contributed by atoms with E-state index in [0.29, 0.717) is 13.1 Å². The molecule has 26 heavy (non-hydrogen) atoms. The highest BCUT2D eigenvalue weighted by atomic mass is 127. The first kappa shape index (κ1) is 17.8. The van der Waals surface area contributed by atoms with Crippen LogP contribution in [0.3, 0.4) is 0 Å². The summed E-state index contributed by atoms with van der Waals surface area (Å²) in [6.07, 6.45) is 1.68. The molecule has 5 nitrogen and oxygen atoms in total. The molecule has 1 aliphatic heterocycles. The number of carbonyl (C=O) groups is 1. The highest BCUT2D eigenvalue weighted by molar-refractivity contribution is 14.1. The summed E-state index contributed by atoms with van der Waals surface area (Å²) in [5.41, 5.74) is 1.87. The lowest BCUT2D eigenvalue weighted by atomic mass is 10.1. The number of nitrogens with zero attached hydrogens (tertiary/aromatic N) is 3. The number of ether oxygens (including phenoxy) is 1. The van der Waals surface area contributed by atoms with Crippen molar-refractivity contribution >= 4 is 28.7 Å². The first-order valence-corrected chi connectivity index (χ1v) is 9.78. The number of aromatic nitrogens is 2. The Labute approximate surface area is 165 Å². The van der Waals surface area contributed by atoms with E-state index in [-0.39, 0.29) is 17.4 Å². The molecule has 1 aliphatic carbocycles. The quantitative estimate of drug-likeness (QED) is 0.577. The Bertz CT molecular complexity index is 883. The molecule has 2 heterocycles. The number of hydrogen-bond donors (Lipinski definition) is 0. The van der Waals surface area contributed by atoms with Gasteiger partial charge in [-0.05, 0) is 68.3 Å². The number of halogens is 2. The van der Waals surface area contributed by atoms with Crippen LogP contribution in [0.4, 0.5) is 9.18 Å². The molecule has 1 aromatic heterocycles. The first-order valence-electron chi connectivity index (χ1n) is 8.70. The van der Waals surface area contributed by atoms with Crippen LogP contribution in [0.1, 0.15) is 39.3 Å². The minimum atomic E-state index is -0.522. The molecule has 1 spiro atoms. The van der Waals surface area contributed by atoms with Crippen LogP contribution in [0.25, 0.3) is 11.3 Å². The van der Waals surface area contributed by atoms with E-state index in [2.05, 4.69) is 27.3 Å². The van der Waals surface area contributed by atoms with Gasteiger partial charge >= 0.3 is 6.09 Å². The van der Waals surface area contributed by atoms with Gasteiger partial charge < -0.3 is 4.74 Å². The third-order valence-corrected chi connectivity index (χ3v) is 5.90. The highest BCUT2D eigenvalue weighted by Crippen LogP contribution is 2.49. The molecule has 4 rings (SSSR count). The van der Waals surface area contributed by atoms with Gasteiger partial charge in [0, 0.05) is 12.1 Å². The van der Waals surface area contributed by atoms with Crippen molar-refractivity contribution < 1.29 is 13.9 Å².